The number of hydrogen-bond donors (Lipinski definition) is 0. The average molecular weight is 1970 g/mol. The number of hydrogen-bond acceptors (Lipinski definition) is 13. The summed E-state index contributed by atoms with van der Waals surface area (Å²) in [6, 6.07) is 90.9. The fraction of sp³-hybridized carbons (Fsp3) is 0.331. The van der Waals surface area contributed by atoms with Gasteiger partial charge in [0, 0.05) is 86.5 Å². The van der Waals surface area contributed by atoms with E-state index in [9.17, 15) is 9.59 Å². The molecule has 0 fully saturated rings. The Morgan fingerprint density at radius 3 is 0.864 bits per heavy atom. The molecule has 0 spiro atoms. The van der Waals surface area contributed by atoms with Crippen molar-refractivity contribution >= 4 is 80.0 Å². The van der Waals surface area contributed by atoms with E-state index in [1.165, 1.54) is 253 Å². The minimum atomic E-state index is -0.437. The monoisotopic (exact) mass is 1970 g/mol. The fourth-order valence-electron chi connectivity index (χ4n) is 19.7. The van der Waals surface area contributed by atoms with Gasteiger partial charge in [-0.3, -0.25) is 9.59 Å². The predicted molar refractivity (Wildman–Crippen MR) is 610 cm³/mol. The fourth-order valence-corrected chi connectivity index (χ4v) is 25.9. The maximum Gasteiger partial charge on any atom is 0.306 e. The van der Waals surface area contributed by atoms with Crippen LogP contribution in [0.3, 0.4) is 0 Å². The molecule has 14 aromatic rings. The van der Waals surface area contributed by atoms with Gasteiger partial charge in [-0.2, -0.15) is 0 Å². The summed E-state index contributed by atoms with van der Waals surface area (Å²) in [4.78, 5) is 39.6. The van der Waals surface area contributed by atoms with Crippen LogP contribution in [0.2, 0.25) is 0 Å². The number of thiophene rings is 6. The van der Waals surface area contributed by atoms with Crippen molar-refractivity contribution in [2.75, 3.05) is 19.8 Å². The molecule has 0 atom stereocenters. The van der Waals surface area contributed by atoms with Crippen molar-refractivity contribution in [3.8, 4) is 143 Å². The normalized spacial score (nSPS) is 12.4. The first kappa shape index (κ1) is 103. The zero-order valence-electron chi connectivity index (χ0n) is 82.8. The van der Waals surface area contributed by atoms with Gasteiger partial charge in [0.05, 0.1) is 19.8 Å². The lowest BCUT2D eigenvalue weighted by atomic mass is 9.70. The summed E-state index contributed by atoms with van der Waals surface area (Å²) >= 11 is 11.3. The second-order valence-electron chi connectivity index (χ2n) is 37.4. The second-order valence-corrected chi connectivity index (χ2v) is 43.9. The summed E-state index contributed by atoms with van der Waals surface area (Å²) in [5, 5.41) is 0. The summed E-state index contributed by atoms with van der Waals surface area (Å²) in [7, 11) is 0. The largest absolute Gasteiger partial charge is 0.494 e. The summed E-state index contributed by atoms with van der Waals surface area (Å²) in [6.07, 6.45) is 41.2. The van der Waals surface area contributed by atoms with Crippen LogP contribution >= 0.6 is 68.0 Å². The first-order chi connectivity index (χ1) is 68.7. The third-order valence-electron chi connectivity index (χ3n) is 27.4. The summed E-state index contributed by atoms with van der Waals surface area (Å²) in [5.74, 6) is 2.17. The van der Waals surface area contributed by atoms with E-state index in [4.69, 9.17) is 23.7 Å². The Kier molecular flexibility index (Phi) is 38.3. The molecule has 8 aromatic carbocycles. The molecule has 0 bridgehead atoms. The van der Waals surface area contributed by atoms with E-state index < -0.39 is 12.2 Å². The molecule has 7 nitrogen and oxygen atoms in total. The minimum Gasteiger partial charge on any atom is -0.494 e. The van der Waals surface area contributed by atoms with E-state index in [-0.39, 0.29) is 27.0 Å². The van der Waals surface area contributed by atoms with Crippen LogP contribution in [0.25, 0.3) is 125 Å². The van der Waals surface area contributed by atoms with Crippen LogP contribution in [-0.2, 0) is 29.9 Å². The second kappa shape index (κ2) is 52.0. The highest BCUT2D eigenvalue weighted by atomic mass is 32.1. The van der Waals surface area contributed by atoms with Crippen LogP contribution in [0.1, 0.15) is 252 Å². The Bertz CT molecular complexity index is 6260. The minimum absolute atomic E-state index is 0. The Balaban J connectivity index is 0.000000250. The van der Waals surface area contributed by atoms with Gasteiger partial charge in [0.25, 0.3) is 0 Å². The molecule has 6 aromatic heterocycles. The summed E-state index contributed by atoms with van der Waals surface area (Å²) < 4.78 is 28.7. The Morgan fingerprint density at radius 2 is 0.557 bits per heavy atom. The van der Waals surface area contributed by atoms with Gasteiger partial charge in [0.15, 0.2) is 0 Å². The maximum atomic E-state index is 12.0. The lowest BCUT2D eigenvalue weighted by Gasteiger charge is -2.33. The summed E-state index contributed by atoms with van der Waals surface area (Å²) in [6.45, 7) is 32.1. The van der Waals surface area contributed by atoms with Crippen molar-refractivity contribution in [1.29, 1.82) is 0 Å². The number of carbonyl (C=O) groups excluding carboxylic acids is 2. The number of benzene rings is 8. The lowest BCUT2D eigenvalue weighted by Crippen LogP contribution is -2.25. The molecule has 16 rings (SSSR count). The third kappa shape index (κ3) is 26.4. The van der Waals surface area contributed by atoms with E-state index in [0.717, 1.165) is 92.8 Å². The molecule has 2 aliphatic carbocycles. The van der Waals surface area contributed by atoms with Crippen molar-refractivity contribution in [2.24, 2.45) is 0 Å². The number of esters is 2. The standard InChI is InChI=1S/C66H76OS4.C61H62O6S2.3H2/c1-5-8-11-14-17-20-43-66(44-21-18-15-12-9-6-2)56-46-51(60-37-41-64(70-60)62-39-35-58(68-62)49-25-23-48(4)24-26-49)29-33-54(56)55-34-30-52(47-57(55)66)61-38-42-65(71-61)63-40-36-59(69-63)50-27-31-53(32-28-50)67-45-22-19-16-13-10-7-3;1-7-37-61(38-8-2)53-41-45(57-35-33-55(68-57)43-21-27-49(28-22-43)64-39-17-13-15-19-59(62)66-47(9-3)10-4)25-31-51(53)52-32-26-46(42-54(52)61)58-36-34-56(69-58)44-23-29-50(30-24-44)65-40-18-14-16-20-60(63)67-48(11-5)12-6;;;/h23-42,46-47H,5-22,43-45H2,1-4H3;9-12,21-37,41-42,47-48H,1,3-6,8,13-20,38-40H2,2H3;3*1H. The van der Waals surface area contributed by atoms with Crippen LogP contribution in [0.4, 0.5) is 0 Å². The number of aryl methyl sites for hydroxylation is 1. The molecular weight excluding hydrogens is 1830 g/mol. The first-order valence-corrected chi connectivity index (χ1v) is 56.3. The number of carbonyl (C=O) groups is 2. The zero-order valence-corrected chi connectivity index (χ0v) is 87.7. The number of allylic oxidation sites excluding steroid dienone is 1. The molecule has 0 radical (unpaired) electrons. The van der Waals surface area contributed by atoms with E-state index in [1.807, 2.05) is 69.6 Å². The SMILES string of the molecule is C=C=CC1(CCC)c2cc(-c3ccc(-c4ccc(OCCCCCC(=O)OC(C=C)C=C)cc4)s3)ccc2-c2ccc(-c3ccc(-c4ccc(OCCCCCC(=O)OC(C=C)C=C)cc4)s3)cc21.CCCCCCCCOc1ccc(-c2ccc(-c3ccc(-c4ccc5c(c4)C(CCCCCCCC)(CCCCCCCC)c4cc(-c6ccc(-c7ccc(-c8ccc(C)cc8)s7)s6)ccc4-5)s3)s2)cc1.[HH].[HH].[HH]. The molecule has 0 unspecified atom stereocenters. The molecular formula is C127H144O7S6. The molecule has 13 heteroatoms. The van der Waals surface area contributed by atoms with Crippen molar-refractivity contribution in [1.82, 2.24) is 0 Å². The third-order valence-corrected chi connectivity index (χ3v) is 34.7. The molecule has 140 heavy (non-hydrogen) atoms. The topological polar surface area (TPSA) is 80.3 Å². The Morgan fingerprint density at radius 1 is 0.300 bits per heavy atom. The van der Waals surface area contributed by atoms with Crippen LogP contribution in [0.15, 0.2) is 312 Å². The molecule has 0 N–H and O–H groups in total. The highest BCUT2D eigenvalue weighted by Crippen LogP contribution is 2.59. The first-order valence-electron chi connectivity index (χ1n) is 51.4. The number of rotatable bonds is 55. The van der Waals surface area contributed by atoms with Gasteiger partial charge in [0.2, 0.25) is 0 Å². The number of fused-ring (bicyclic) bond motifs is 6. The van der Waals surface area contributed by atoms with Gasteiger partial charge >= 0.3 is 11.9 Å². The van der Waals surface area contributed by atoms with E-state index >= 15 is 0 Å². The maximum absolute atomic E-state index is 12.0. The van der Waals surface area contributed by atoms with Crippen molar-refractivity contribution < 1.29 is 37.6 Å². The molecule has 0 saturated carbocycles. The van der Waals surface area contributed by atoms with Crippen molar-refractivity contribution in [3.63, 3.8) is 0 Å². The molecule has 6 heterocycles. The Hall–Kier alpha value is -11.2. The zero-order chi connectivity index (χ0) is 97.4. The van der Waals surface area contributed by atoms with Gasteiger partial charge in [0.1, 0.15) is 29.5 Å². The van der Waals surface area contributed by atoms with Crippen LogP contribution in [0, 0.1) is 6.92 Å². The highest BCUT2D eigenvalue weighted by molar-refractivity contribution is 7.26. The number of unbranched alkanes of at least 4 members (excludes halogenated alkanes) is 19. The van der Waals surface area contributed by atoms with Crippen molar-refractivity contribution in [3.05, 3.63) is 339 Å². The molecule has 0 aliphatic heterocycles. The van der Waals surface area contributed by atoms with Gasteiger partial charge in [-0.05, 0) is 360 Å². The van der Waals surface area contributed by atoms with Gasteiger partial charge in [-0.1, -0.05) is 255 Å². The molecule has 2 aliphatic rings. The molecule has 0 saturated heterocycles. The van der Waals surface area contributed by atoms with Crippen molar-refractivity contribution in [2.45, 2.75) is 250 Å². The van der Waals surface area contributed by atoms with Gasteiger partial charge in [-0.15, -0.1) is 73.8 Å². The smallest absolute Gasteiger partial charge is 0.306 e. The average Bonchev–Trinajstić information content (AvgIpc) is 1.61. The van der Waals surface area contributed by atoms with Gasteiger partial charge in [-0.25, -0.2) is 0 Å². The predicted octanol–water partition coefficient (Wildman–Crippen LogP) is 39.8. The van der Waals surface area contributed by atoms with Gasteiger partial charge < -0.3 is 23.7 Å². The lowest BCUT2D eigenvalue weighted by molar-refractivity contribution is -0.146. The van der Waals surface area contributed by atoms with Crippen LogP contribution in [-0.4, -0.2) is 44.0 Å². The Labute approximate surface area is 862 Å². The molecule has 730 valence electrons. The highest BCUT2D eigenvalue weighted by Gasteiger charge is 2.44. The quantitative estimate of drug-likeness (QED) is 0.0163. The number of ether oxygens (including phenoxy) is 5. The van der Waals surface area contributed by atoms with E-state index in [0.29, 0.717) is 26.1 Å². The van der Waals surface area contributed by atoms with Crippen LogP contribution < -0.4 is 14.2 Å². The molecule has 0 amide bonds. The van der Waals surface area contributed by atoms with E-state index in [1.54, 1.807) is 58.1 Å². The summed E-state index contributed by atoms with van der Waals surface area (Å²) in [5.41, 5.74) is 25.4. The van der Waals surface area contributed by atoms with E-state index in [2.05, 4.69) is 298 Å². The van der Waals surface area contributed by atoms with Crippen LogP contribution in [0.5, 0.6) is 17.2 Å².